The highest BCUT2D eigenvalue weighted by Gasteiger charge is 2.17. The number of nitrogens with one attached hydrogen (secondary N) is 1. The molecule has 0 aliphatic rings. The van der Waals surface area contributed by atoms with Crippen LogP contribution in [0.3, 0.4) is 0 Å². The van der Waals surface area contributed by atoms with Crippen molar-refractivity contribution in [3.05, 3.63) is 68.4 Å². The molecular formula is C15H15BrClFN2. The van der Waals surface area contributed by atoms with Gasteiger partial charge in [-0.05, 0) is 36.1 Å². The Morgan fingerprint density at radius 3 is 2.70 bits per heavy atom. The molecule has 0 spiro atoms. The van der Waals surface area contributed by atoms with E-state index < -0.39 is 5.82 Å². The third-order valence-electron chi connectivity index (χ3n) is 3.25. The average molecular weight is 358 g/mol. The minimum Gasteiger partial charge on any atom is -0.271 e. The van der Waals surface area contributed by atoms with E-state index in [4.69, 9.17) is 17.4 Å². The molecule has 0 aliphatic heterocycles. The van der Waals surface area contributed by atoms with Crippen molar-refractivity contribution in [2.45, 2.75) is 19.4 Å². The zero-order valence-corrected chi connectivity index (χ0v) is 13.3. The topological polar surface area (TPSA) is 38.0 Å². The Labute approximate surface area is 131 Å². The fraction of sp³-hybridized carbons (Fsp3) is 0.200. The van der Waals surface area contributed by atoms with Gasteiger partial charge in [0.2, 0.25) is 0 Å². The van der Waals surface area contributed by atoms with Crippen LogP contribution < -0.4 is 11.3 Å². The van der Waals surface area contributed by atoms with Gasteiger partial charge in [-0.3, -0.25) is 11.3 Å². The standard InChI is InChI=1S/C15H15BrClFN2/c1-9-4-2-6-11(14(9)16)13(20-19)8-10-5-3-7-12(17)15(10)18/h2-7,13,20H,8,19H2,1H3. The van der Waals surface area contributed by atoms with Crippen LogP contribution in [0.4, 0.5) is 4.39 Å². The largest absolute Gasteiger partial charge is 0.271 e. The second kappa shape index (κ2) is 6.68. The molecule has 0 bridgehead atoms. The van der Waals surface area contributed by atoms with Crippen LogP contribution in [0.25, 0.3) is 0 Å². The highest BCUT2D eigenvalue weighted by Crippen LogP contribution is 2.29. The molecule has 0 radical (unpaired) electrons. The Hall–Kier alpha value is -0.940. The van der Waals surface area contributed by atoms with Crippen molar-refractivity contribution in [1.29, 1.82) is 0 Å². The molecule has 3 N–H and O–H groups in total. The Morgan fingerprint density at radius 2 is 2.00 bits per heavy atom. The Bertz CT molecular complexity index is 619. The molecule has 0 fully saturated rings. The third-order valence-corrected chi connectivity index (χ3v) is 4.63. The second-order valence-electron chi connectivity index (χ2n) is 4.61. The molecule has 5 heteroatoms. The van der Waals surface area contributed by atoms with Crippen molar-refractivity contribution >= 4 is 27.5 Å². The van der Waals surface area contributed by atoms with Gasteiger partial charge in [0, 0.05) is 4.47 Å². The summed E-state index contributed by atoms with van der Waals surface area (Å²) >= 11 is 9.36. The number of hydrogen-bond donors (Lipinski definition) is 2. The van der Waals surface area contributed by atoms with E-state index in [0.29, 0.717) is 12.0 Å². The predicted molar refractivity (Wildman–Crippen MR) is 84.1 cm³/mol. The van der Waals surface area contributed by atoms with Crippen molar-refractivity contribution < 1.29 is 4.39 Å². The minimum absolute atomic E-state index is 0.126. The molecule has 20 heavy (non-hydrogen) atoms. The van der Waals surface area contributed by atoms with Crippen LogP contribution in [0.5, 0.6) is 0 Å². The van der Waals surface area contributed by atoms with Gasteiger partial charge in [-0.1, -0.05) is 57.9 Å². The summed E-state index contributed by atoms with van der Waals surface area (Å²) < 4.78 is 15.0. The molecule has 0 saturated carbocycles. The zero-order valence-electron chi connectivity index (χ0n) is 11.0. The van der Waals surface area contributed by atoms with Gasteiger partial charge in [-0.2, -0.15) is 0 Å². The van der Waals surface area contributed by atoms with Crippen LogP contribution in [0.15, 0.2) is 40.9 Å². The van der Waals surface area contributed by atoms with Crippen LogP contribution in [0.2, 0.25) is 5.02 Å². The van der Waals surface area contributed by atoms with E-state index in [-0.39, 0.29) is 11.1 Å². The molecule has 2 aromatic carbocycles. The molecule has 0 amide bonds. The van der Waals surface area contributed by atoms with Gasteiger partial charge >= 0.3 is 0 Å². The molecular weight excluding hydrogens is 343 g/mol. The summed E-state index contributed by atoms with van der Waals surface area (Å²) in [5.41, 5.74) is 5.38. The lowest BCUT2D eigenvalue weighted by Crippen LogP contribution is -2.30. The van der Waals surface area contributed by atoms with E-state index in [0.717, 1.165) is 15.6 Å². The fourth-order valence-corrected chi connectivity index (χ4v) is 2.86. The summed E-state index contributed by atoms with van der Waals surface area (Å²) in [6, 6.07) is 10.7. The normalized spacial score (nSPS) is 12.4. The molecule has 0 heterocycles. The van der Waals surface area contributed by atoms with Crippen molar-refractivity contribution in [3.63, 3.8) is 0 Å². The molecule has 106 valence electrons. The molecule has 2 nitrogen and oxygen atoms in total. The van der Waals surface area contributed by atoms with Crippen molar-refractivity contribution in [1.82, 2.24) is 5.43 Å². The minimum atomic E-state index is -0.391. The number of hydrogen-bond acceptors (Lipinski definition) is 2. The van der Waals surface area contributed by atoms with Crippen molar-refractivity contribution in [3.8, 4) is 0 Å². The first-order chi connectivity index (χ1) is 9.54. The first kappa shape index (κ1) is 15.4. The Balaban J connectivity index is 2.34. The van der Waals surface area contributed by atoms with E-state index >= 15 is 0 Å². The lowest BCUT2D eigenvalue weighted by atomic mass is 9.98. The maximum Gasteiger partial charge on any atom is 0.145 e. The molecule has 1 atom stereocenters. The number of hydrazine groups is 1. The molecule has 0 aliphatic carbocycles. The summed E-state index contributed by atoms with van der Waals surface area (Å²) in [4.78, 5) is 0. The van der Waals surface area contributed by atoms with Gasteiger partial charge in [0.1, 0.15) is 5.82 Å². The van der Waals surface area contributed by atoms with Crippen LogP contribution in [0.1, 0.15) is 22.7 Å². The molecule has 0 saturated heterocycles. The lowest BCUT2D eigenvalue weighted by Gasteiger charge is -2.19. The molecule has 0 aromatic heterocycles. The number of rotatable bonds is 4. The number of halogens is 3. The fourth-order valence-electron chi connectivity index (χ4n) is 2.12. The lowest BCUT2D eigenvalue weighted by molar-refractivity contribution is 0.527. The quantitative estimate of drug-likeness (QED) is 0.632. The van der Waals surface area contributed by atoms with Gasteiger partial charge in [-0.15, -0.1) is 0 Å². The van der Waals surface area contributed by atoms with Crippen LogP contribution in [-0.2, 0) is 6.42 Å². The van der Waals surface area contributed by atoms with Gasteiger partial charge in [0.05, 0.1) is 11.1 Å². The van der Waals surface area contributed by atoms with Crippen LogP contribution >= 0.6 is 27.5 Å². The van der Waals surface area contributed by atoms with E-state index in [1.54, 1.807) is 12.1 Å². The third kappa shape index (κ3) is 3.20. The van der Waals surface area contributed by atoms with E-state index in [1.807, 2.05) is 25.1 Å². The summed E-state index contributed by atoms with van der Waals surface area (Å²) in [6.07, 6.45) is 0.422. The summed E-state index contributed by atoms with van der Waals surface area (Å²) in [5.74, 6) is 5.24. The Kier molecular flexibility index (Phi) is 5.16. The first-order valence-electron chi connectivity index (χ1n) is 6.18. The van der Waals surface area contributed by atoms with Crippen molar-refractivity contribution in [2.75, 3.05) is 0 Å². The molecule has 2 rings (SSSR count). The van der Waals surface area contributed by atoms with E-state index in [9.17, 15) is 4.39 Å². The van der Waals surface area contributed by atoms with E-state index in [2.05, 4.69) is 21.4 Å². The highest BCUT2D eigenvalue weighted by molar-refractivity contribution is 9.10. The van der Waals surface area contributed by atoms with Gasteiger partial charge in [-0.25, -0.2) is 4.39 Å². The molecule has 2 aromatic rings. The monoisotopic (exact) mass is 356 g/mol. The van der Waals surface area contributed by atoms with Crippen molar-refractivity contribution in [2.24, 2.45) is 5.84 Å². The summed E-state index contributed by atoms with van der Waals surface area (Å²) in [5, 5.41) is 0.126. The summed E-state index contributed by atoms with van der Waals surface area (Å²) in [6.45, 7) is 2.00. The zero-order chi connectivity index (χ0) is 14.7. The van der Waals surface area contributed by atoms with Gasteiger partial charge in [0.25, 0.3) is 0 Å². The average Bonchev–Trinajstić information content (AvgIpc) is 2.44. The number of benzene rings is 2. The maximum absolute atomic E-state index is 14.0. The smallest absolute Gasteiger partial charge is 0.145 e. The first-order valence-corrected chi connectivity index (χ1v) is 7.35. The summed E-state index contributed by atoms with van der Waals surface area (Å²) in [7, 11) is 0. The maximum atomic E-state index is 14.0. The second-order valence-corrected chi connectivity index (χ2v) is 5.81. The molecule has 1 unspecified atom stereocenters. The highest BCUT2D eigenvalue weighted by atomic mass is 79.9. The van der Waals surface area contributed by atoms with Gasteiger partial charge < -0.3 is 0 Å². The SMILES string of the molecule is Cc1cccc(C(Cc2cccc(Cl)c2F)NN)c1Br. The van der Waals surface area contributed by atoms with E-state index in [1.165, 1.54) is 6.07 Å². The number of aryl methyl sites for hydroxylation is 1. The Morgan fingerprint density at radius 1 is 1.30 bits per heavy atom. The van der Waals surface area contributed by atoms with Crippen LogP contribution in [-0.4, -0.2) is 0 Å². The number of nitrogens with two attached hydrogens (primary N) is 1. The van der Waals surface area contributed by atoms with Crippen LogP contribution in [0, 0.1) is 12.7 Å². The van der Waals surface area contributed by atoms with Gasteiger partial charge in [0.15, 0.2) is 0 Å². The predicted octanol–water partition coefficient (Wildman–Crippen LogP) is 4.30.